The van der Waals surface area contributed by atoms with Gasteiger partial charge in [-0.05, 0) is 50.5 Å². The van der Waals surface area contributed by atoms with Gasteiger partial charge in [-0.1, -0.05) is 31.4 Å². The van der Waals surface area contributed by atoms with Gasteiger partial charge in [0.05, 0.1) is 0 Å². The molecule has 136 valence electrons. The second kappa shape index (κ2) is 8.79. The minimum Gasteiger partial charge on any atom is -0.341 e. The molecule has 0 atom stereocenters. The van der Waals surface area contributed by atoms with Crippen LogP contribution in [0.15, 0.2) is 30.3 Å². The van der Waals surface area contributed by atoms with Crippen LogP contribution in [-0.4, -0.2) is 35.3 Å². The number of hydrogen-bond acceptors (Lipinski definition) is 2. The Morgan fingerprint density at radius 3 is 2.48 bits per heavy atom. The Bertz CT molecular complexity index is 632. The van der Waals surface area contributed by atoms with Crippen LogP contribution in [0.5, 0.6) is 0 Å². The van der Waals surface area contributed by atoms with Crippen molar-refractivity contribution in [3.8, 4) is 0 Å². The Balaban J connectivity index is 2.13. The molecule has 2 amide bonds. The SMILES string of the molecule is CCN(CC)C(=O)C1(NC(=O)/C=C/c2cccc(F)c2)CCCCC1. The number of carbonyl (C=O) groups excluding carboxylic acids is 2. The number of halogens is 1. The van der Waals surface area contributed by atoms with Gasteiger partial charge in [0.1, 0.15) is 11.4 Å². The number of likely N-dealkylation sites (N-methyl/N-ethyl adjacent to an activating group) is 1. The fourth-order valence-electron chi connectivity index (χ4n) is 3.42. The van der Waals surface area contributed by atoms with Crippen molar-refractivity contribution in [1.29, 1.82) is 0 Å². The first kappa shape index (κ1) is 19.2. The minimum atomic E-state index is -0.812. The van der Waals surface area contributed by atoms with Crippen LogP contribution in [0, 0.1) is 5.82 Å². The highest BCUT2D eigenvalue weighted by molar-refractivity contribution is 5.97. The number of nitrogens with one attached hydrogen (secondary N) is 1. The van der Waals surface area contributed by atoms with E-state index in [-0.39, 0.29) is 17.6 Å². The van der Waals surface area contributed by atoms with E-state index in [9.17, 15) is 14.0 Å². The molecule has 25 heavy (non-hydrogen) atoms. The van der Waals surface area contributed by atoms with E-state index >= 15 is 0 Å². The molecule has 1 aromatic carbocycles. The number of carbonyl (C=O) groups is 2. The molecule has 1 N–H and O–H groups in total. The first-order chi connectivity index (χ1) is 12.0. The summed E-state index contributed by atoms with van der Waals surface area (Å²) in [6.45, 7) is 5.16. The molecule has 0 radical (unpaired) electrons. The van der Waals surface area contributed by atoms with Gasteiger partial charge in [0.15, 0.2) is 0 Å². The van der Waals surface area contributed by atoms with Gasteiger partial charge in [0.25, 0.3) is 0 Å². The summed E-state index contributed by atoms with van der Waals surface area (Å²) in [6.07, 6.45) is 7.23. The van der Waals surface area contributed by atoms with Gasteiger partial charge in [0, 0.05) is 19.2 Å². The highest BCUT2D eigenvalue weighted by Gasteiger charge is 2.42. The molecule has 5 heteroatoms. The maximum Gasteiger partial charge on any atom is 0.248 e. The van der Waals surface area contributed by atoms with E-state index in [2.05, 4.69) is 5.32 Å². The van der Waals surface area contributed by atoms with Crippen molar-refractivity contribution >= 4 is 17.9 Å². The first-order valence-corrected chi connectivity index (χ1v) is 9.06. The highest BCUT2D eigenvalue weighted by atomic mass is 19.1. The number of hydrogen-bond donors (Lipinski definition) is 1. The zero-order valence-electron chi connectivity index (χ0n) is 15.1. The van der Waals surface area contributed by atoms with Crippen LogP contribution < -0.4 is 5.32 Å². The van der Waals surface area contributed by atoms with Gasteiger partial charge in [-0.2, -0.15) is 0 Å². The molecular weight excluding hydrogens is 319 g/mol. The Kier molecular flexibility index (Phi) is 6.73. The summed E-state index contributed by atoms with van der Waals surface area (Å²) in [5, 5.41) is 2.96. The topological polar surface area (TPSA) is 49.4 Å². The summed E-state index contributed by atoms with van der Waals surface area (Å²) in [6, 6.07) is 6.04. The molecule has 1 aliphatic rings. The van der Waals surface area contributed by atoms with Gasteiger partial charge in [-0.3, -0.25) is 9.59 Å². The van der Waals surface area contributed by atoms with Crippen molar-refractivity contribution in [3.63, 3.8) is 0 Å². The van der Waals surface area contributed by atoms with Gasteiger partial charge in [-0.25, -0.2) is 4.39 Å². The molecule has 0 spiro atoms. The Labute approximate surface area is 149 Å². The maximum atomic E-state index is 13.2. The average molecular weight is 346 g/mol. The molecule has 0 saturated heterocycles. The zero-order valence-corrected chi connectivity index (χ0v) is 15.1. The fourth-order valence-corrected chi connectivity index (χ4v) is 3.42. The number of nitrogens with zero attached hydrogens (tertiary/aromatic N) is 1. The fraction of sp³-hybridized carbons (Fsp3) is 0.500. The largest absolute Gasteiger partial charge is 0.341 e. The second-order valence-electron chi connectivity index (χ2n) is 6.50. The lowest BCUT2D eigenvalue weighted by molar-refractivity contribution is -0.142. The molecule has 1 aromatic rings. The predicted molar refractivity (Wildman–Crippen MR) is 97.3 cm³/mol. The quantitative estimate of drug-likeness (QED) is 0.801. The smallest absolute Gasteiger partial charge is 0.248 e. The van der Waals surface area contributed by atoms with Crippen LogP contribution in [0.2, 0.25) is 0 Å². The summed E-state index contributed by atoms with van der Waals surface area (Å²) in [5.41, 5.74) is -0.198. The molecule has 0 unspecified atom stereocenters. The predicted octanol–water partition coefficient (Wildman–Crippen LogP) is 3.53. The van der Waals surface area contributed by atoms with Gasteiger partial charge < -0.3 is 10.2 Å². The monoisotopic (exact) mass is 346 g/mol. The van der Waals surface area contributed by atoms with Crippen LogP contribution >= 0.6 is 0 Å². The zero-order chi connectivity index (χ0) is 18.3. The minimum absolute atomic E-state index is 0.00436. The molecule has 0 bridgehead atoms. The van der Waals surface area contributed by atoms with Crippen LogP contribution in [-0.2, 0) is 9.59 Å². The van der Waals surface area contributed by atoms with Crippen LogP contribution in [0.25, 0.3) is 6.08 Å². The van der Waals surface area contributed by atoms with E-state index in [1.807, 2.05) is 13.8 Å². The van der Waals surface area contributed by atoms with Crippen molar-refractivity contribution in [3.05, 3.63) is 41.7 Å². The van der Waals surface area contributed by atoms with Crippen LogP contribution in [0.4, 0.5) is 4.39 Å². The normalized spacial score (nSPS) is 16.6. The molecule has 0 aliphatic heterocycles. The number of rotatable bonds is 6. The van der Waals surface area contributed by atoms with E-state index in [4.69, 9.17) is 0 Å². The van der Waals surface area contributed by atoms with Crippen molar-refractivity contribution in [2.45, 2.75) is 51.5 Å². The molecular formula is C20H27FN2O2. The van der Waals surface area contributed by atoms with E-state index in [1.54, 1.807) is 23.1 Å². The standard InChI is InChI=1S/C20H27FN2O2/c1-3-23(4-2)19(25)20(13-6-5-7-14-20)22-18(24)12-11-16-9-8-10-17(21)15-16/h8-12,15H,3-7,13-14H2,1-2H3,(H,22,24)/b12-11+. The second-order valence-corrected chi connectivity index (χ2v) is 6.50. The van der Waals surface area contributed by atoms with E-state index in [0.29, 0.717) is 31.5 Å². The van der Waals surface area contributed by atoms with Crippen molar-refractivity contribution in [1.82, 2.24) is 10.2 Å². The van der Waals surface area contributed by atoms with E-state index in [1.165, 1.54) is 18.2 Å². The van der Waals surface area contributed by atoms with E-state index < -0.39 is 5.54 Å². The van der Waals surface area contributed by atoms with Crippen molar-refractivity contribution in [2.24, 2.45) is 0 Å². The van der Waals surface area contributed by atoms with Crippen molar-refractivity contribution in [2.75, 3.05) is 13.1 Å². The lowest BCUT2D eigenvalue weighted by Gasteiger charge is -2.39. The summed E-state index contributed by atoms with van der Waals surface area (Å²) < 4.78 is 13.2. The summed E-state index contributed by atoms with van der Waals surface area (Å²) in [7, 11) is 0. The number of amides is 2. The molecule has 0 aromatic heterocycles. The Hall–Kier alpha value is -2.17. The summed E-state index contributed by atoms with van der Waals surface area (Å²) in [5.74, 6) is -0.653. The highest BCUT2D eigenvalue weighted by Crippen LogP contribution is 2.30. The lowest BCUT2D eigenvalue weighted by Crippen LogP contribution is -2.60. The van der Waals surface area contributed by atoms with Crippen LogP contribution in [0.1, 0.15) is 51.5 Å². The molecule has 0 heterocycles. The van der Waals surface area contributed by atoms with Crippen LogP contribution in [0.3, 0.4) is 0 Å². The Morgan fingerprint density at radius 2 is 1.88 bits per heavy atom. The van der Waals surface area contributed by atoms with Gasteiger partial charge in [0.2, 0.25) is 11.8 Å². The lowest BCUT2D eigenvalue weighted by atomic mass is 9.80. The first-order valence-electron chi connectivity index (χ1n) is 9.06. The third-order valence-corrected chi connectivity index (χ3v) is 4.81. The number of benzene rings is 1. The van der Waals surface area contributed by atoms with Gasteiger partial charge >= 0.3 is 0 Å². The van der Waals surface area contributed by atoms with Crippen molar-refractivity contribution < 1.29 is 14.0 Å². The van der Waals surface area contributed by atoms with E-state index in [0.717, 1.165) is 19.3 Å². The van der Waals surface area contributed by atoms with Gasteiger partial charge in [-0.15, -0.1) is 0 Å². The average Bonchev–Trinajstić information content (AvgIpc) is 2.62. The molecule has 2 rings (SSSR count). The third kappa shape index (κ3) is 4.91. The molecule has 1 aliphatic carbocycles. The summed E-state index contributed by atoms with van der Waals surface area (Å²) in [4.78, 5) is 27.2. The molecule has 1 fully saturated rings. The summed E-state index contributed by atoms with van der Waals surface area (Å²) >= 11 is 0. The molecule has 1 saturated carbocycles. The third-order valence-electron chi connectivity index (χ3n) is 4.81. The maximum absolute atomic E-state index is 13.2. The molecule has 4 nitrogen and oxygen atoms in total. The Morgan fingerprint density at radius 1 is 1.20 bits per heavy atom.